The highest BCUT2D eigenvalue weighted by Crippen LogP contribution is 2.17. The fourth-order valence-electron chi connectivity index (χ4n) is 1.35. The van der Waals surface area contributed by atoms with Crippen LogP contribution in [0.5, 0.6) is 0 Å². The molecule has 0 aliphatic carbocycles. The molecule has 76 valence electrons. The molecule has 0 N–H and O–H groups in total. The average Bonchev–Trinajstić information content (AvgIpc) is 2.17. The van der Waals surface area contributed by atoms with E-state index in [9.17, 15) is 9.59 Å². The second-order valence-corrected chi connectivity index (χ2v) is 3.61. The van der Waals surface area contributed by atoms with Crippen LogP contribution in [0.25, 0.3) is 11.0 Å². The van der Waals surface area contributed by atoms with Crippen molar-refractivity contribution in [1.82, 2.24) is 0 Å². The highest BCUT2D eigenvalue weighted by molar-refractivity contribution is 6.31. The van der Waals surface area contributed by atoms with Crippen LogP contribution in [0.1, 0.15) is 17.3 Å². The molecule has 1 aromatic heterocycles. The van der Waals surface area contributed by atoms with E-state index in [1.165, 1.54) is 13.2 Å². The summed E-state index contributed by atoms with van der Waals surface area (Å²) < 4.78 is 5.16. The number of Topliss-reactive ketones (excluding diaryl/α,β-unsaturated/α-hetero) is 1. The molecular weight excluding hydrogens is 216 g/mol. The number of benzene rings is 1. The molecule has 1 heterocycles. The van der Waals surface area contributed by atoms with Crippen LogP contribution in [0.15, 0.2) is 33.7 Å². The summed E-state index contributed by atoms with van der Waals surface area (Å²) in [5.74, 6) is -0.305. The van der Waals surface area contributed by atoms with E-state index in [-0.39, 0.29) is 16.8 Å². The van der Waals surface area contributed by atoms with Crippen LogP contribution in [0.2, 0.25) is 5.02 Å². The molecule has 15 heavy (non-hydrogen) atoms. The maximum Gasteiger partial charge on any atom is 0.203 e. The van der Waals surface area contributed by atoms with E-state index < -0.39 is 0 Å². The minimum Gasteiger partial charge on any atom is -0.463 e. The van der Waals surface area contributed by atoms with Crippen LogP contribution in [-0.4, -0.2) is 5.78 Å². The van der Waals surface area contributed by atoms with Gasteiger partial charge in [-0.25, -0.2) is 0 Å². The van der Waals surface area contributed by atoms with Crippen molar-refractivity contribution in [2.24, 2.45) is 0 Å². The van der Waals surface area contributed by atoms with E-state index in [1.54, 1.807) is 18.2 Å². The normalized spacial score (nSPS) is 10.5. The number of rotatable bonds is 1. The Labute approximate surface area is 90.3 Å². The van der Waals surface area contributed by atoms with E-state index >= 15 is 0 Å². The number of hydrogen-bond donors (Lipinski definition) is 0. The Kier molecular flexibility index (Phi) is 2.32. The Balaban J connectivity index is 2.86. The molecule has 0 saturated heterocycles. The van der Waals surface area contributed by atoms with Gasteiger partial charge in [-0.15, -0.1) is 0 Å². The molecule has 0 aliphatic rings. The van der Waals surface area contributed by atoms with Crippen molar-refractivity contribution < 1.29 is 9.21 Å². The fraction of sp³-hybridized carbons (Fsp3) is 0.0909. The lowest BCUT2D eigenvalue weighted by Crippen LogP contribution is -2.12. The monoisotopic (exact) mass is 222 g/mol. The van der Waals surface area contributed by atoms with Gasteiger partial charge in [-0.3, -0.25) is 9.59 Å². The number of fused-ring (bicyclic) bond motifs is 1. The highest BCUT2D eigenvalue weighted by atomic mass is 35.5. The fourth-order valence-corrected chi connectivity index (χ4v) is 1.51. The van der Waals surface area contributed by atoms with Crippen molar-refractivity contribution in [3.05, 3.63) is 45.3 Å². The molecule has 0 unspecified atom stereocenters. The number of halogens is 1. The molecule has 0 aliphatic heterocycles. The van der Waals surface area contributed by atoms with Crippen LogP contribution in [0, 0.1) is 0 Å². The SMILES string of the molecule is CC(=O)c1coc2cc(Cl)ccc2c1=O. The average molecular weight is 223 g/mol. The molecule has 3 nitrogen and oxygen atoms in total. The van der Waals surface area contributed by atoms with Gasteiger partial charge >= 0.3 is 0 Å². The molecule has 0 saturated carbocycles. The Morgan fingerprint density at radius 2 is 2.13 bits per heavy atom. The number of carbonyl (C=O) groups excluding carboxylic acids is 1. The van der Waals surface area contributed by atoms with Gasteiger partial charge in [0.25, 0.3) is 0 Å². The molecule has 0 bridgehead atoms. The van der Waals surface area contributed by atoms with Crippen LogP contribution in [0.3, 0.4) is 0 Å². The summed E-state index contributed by atoms with van der Waals surface area (Å²) in [7, 11) is 0. The van der Waals surface area contributed by atoms with Gasteiger partial charge in [0.15, 0.2) is 5.78 Å². The lowest BCUT2D eigenvalue weighted by molar-refractivity contribution is 0.101. The second kappa shape index (κ2) is 3.51. The molecule has 2 aromatic rings. The molecule has 2 rings (SSSR count). The Morgan fingerprint density at radius 3 is 2.80 bits per heavy atom. The van der Waals surface area contributed by atoms with Crippen molar-refractivity contribution in [1.29, 1.82) is 0 Å². The van der Waals surface area contributed by atoms with Gasteiger partial charge in [0.1, 0.15) is 17.4 Å². The molecule has 4 heteroatoms. The van der Waals surface area contributed by atoms with Gasteiger partial charge in [0.05, 0.1) is 5.39 Å². The lowest BCUT2D eigenvalue weighted by Gasteiger charge is -1.99. The second-order valence-electron chi connectivity index (χ2n) is 3.18. The lowest BCUT2D eigenvalue weighted by atomic mass is 10.1. The largest absolute Gasteiger partial charge is 0.463 e. The predicted octanol–water partition coefficient (Wildman–Crippen LogP) is 2.65. The van der Waals surface area contributed by atoms with E-state index in [2.05, 4.69) is 0 Å². The maximum absolute atomic E-state index is 11.8. The van der Waals surface area contributed by atoms with Gasteiger partial charge in [0.2, 0.25) is 5.43 Å². The summed E-state index contributed by atoms with van der Waals surface area (Å²) in [5, 5.41) is 0.855. The van der Waals surface area contributed by atoms with Crippen LogP contribution >= 0.6 is 11.6 Å². The van der Waals surface area contributed by atoms with Gasteiger partial charge in [-0.2, -0.15) is 0 Å². The zero-order valence-electron chi connectivity index (χ0n) is 7.91. The zero-order chi connectivity index (χ0) is 11.0. The number of ketones is 1. The maximum atomic E-state index is 11.8. The van der Waals surface area contributed by atoms with Crippen molar-refractivity contribution >= 4 is 28.4 Å². The zero-order valence-corrected chi connectivity index (χ0v) is 8.67. The van der Waals surface area contributed by atoms with E-state index in [4.69, 9.17) is 16.0 Å². The summed E-state index contributed by atoms with van der Waals surface area (Å²) in [4.78, 5) is 22.8. The molecule has 0 radical (unpaired) electrons. The first kappa shape index (κ1) is 9.93. The molecule has 0 fully saturated rings. The van der Waals surface area contributed by atoms with E-state index in [0.29, 0.717) is 16.0 Å². The van der Waals surface area contributed by atoms with Gasteiger partial charge in [-0.1, -0.05) is 11.6 Å². The number of carbonyl (C=O) groups is 1. The van der Waals surface area contributed by atoms with Crippen LogP contribution in [0.4, 0.5) is 0 Å². The summed E-state index contributed by atoms with van der Waals surface area (Å²) >= 11 is 5.74. The Bertz CT molecular complexity index is 598. The van der Waals surface area contributed by atoms with Crippen molar-refractivity contribution in [2.45, 2.75) is 6.92 Å². The van der Waals surface area contributed by atoms with Gasteiger partial charge in [0, 0.05) is 11.1 Å². The van der Waals surface area contributed by atoms with Gasteiger partial charge in [-0.05, 0) is 19.1 Å². The van der Waals surface area contributed by atoms with Crippen LogP contribution in [-0.2, 0) is 0 Å². The Hall–Kier alpha value is -1.61. The topological polar surface area (TPSA) is 47.3 Å². The third kappa shape index (κ3) is 1.66. The molecule has 0 amide bonds. The summed E-state index contributed by atoms with van der Waals surface area (Å²) in [6, 6.07) is 4.68. The minimum atomic E-state index is -0.319. The standard InChI is InChI=1S/C11H7ClO3/c1-6(13)9-5-15-10-4-7(12)2-3-8(10)11(9)14/h2-5H,1H3. The number of hydrogen-bond acceptors (Lipinski definition) is 3. The van der Waals surface area contributed by atoms with Crippen molar-refractivity contribution in [3.8, 4) is 0 Å². The first-order chi connectivity index (χ1) is 7.09. The first-order valence-corrected chi connectivity index (χ1v) is 4.69. The summed E-state index contributed by atoms with van der Waals surface area (Å²) in [6.07, 6.45) is 1.17. The summed E-state index contributed by atoms with van der Waals surface area (Å²) in [6.45, 7) is 1.33. The highest BCUT2D eigenvalue weighted by Gasteiger charge is 2.10. The predicted molar refractivity (Wildman–Crippen MR) is 57.5 cm³/mol. The van der Waals surface area contributed by atoms with E-state index in [0.717, 1.165) is 0 Å². The molecular formula is C11H7ClO3. The van der Waals surface area contributed by atoms with Gasteiger partial charge < -0.3 is 4.42 Å². The first-order valence-electron chi connectivity index (χ1n) is 4.31. The molecule has 0 spiro atoms. The third-order valence-electron chi connectivity index (χ3n) is 2.12. The van der Waals surface area contributed by atoms with Crippen molar-refractivity contribution in [2.75, 3.05) is 0 Å². The molecule has 0 atom stereocenters. The minimum absolute atomic E-state index is 0.0600. The smallest absolute Gasteiger partial charge is 0.203 e. The third-order valence-corrected chi connectivity index (χ3v) is 2.35. The Morgan fingerprint density at radius 1 is 1.40 bits per heavy atom. The van der Waals surface area contributed by atoms with Crippen LogP contribution < -0.4 is 5.43 Å². The summed E-state index contributed by atoms with van der Waals surface area (Å²) in [5.41, 5.74) is 0.128. The quantitative estimate of drug-likeness (QED) is 0.697. The van der Waals surface area contributed by atoms with E-state index in [1.807, 2.05) is 0 Å². The van der Waals surface area contributed by atoms with Crippen molar-refractivity contribution in [3.63, 3.8) is 0 Å². The molecule has 1 aromatic carbocycles.